The van der Waals surface area contributed by atoms with Crippen molar-refractivity contribution in [3.63, 3.8) is 0 Å². The molecular formula is C18H17ClO2. The van der Waals surface area contributed by atoms with Crippen LogP contribution in [0.5, 0.6) is 0 Å². The zero-order chi connectivity index (χ0) is 15.2. The van der Waals surface area contributed by atoms with Gasteiger partial charge in [0.15, 0.2) is 6.29 Å². The summed E-state index contributed by atoms with van der Waals surface area (Å²) in [5.74, 6) is 0.650. The number of benzene rings is 2. The van der Waals surface area contributed by atoms with E-state index < -0.39 is 0 Å². The highest BCUT2D eigenvalue weighted by Gasteiger charge is 2.18. The summed E-state index contributed by atoms with van der Waals surface area (Å²) in [7, 11) is 1.60. The van der Waals surface area contributed by atoms with Crippen molar-refractivity contribution in [1.29, 1.82) is 0 Å². The van der Waals surface area contributed by atoms with E-state index in [2.05, 4.69) is 0 Å². The molecule has 0 aromatic heterocycles. The third-order valence-corrected chi connectivity index (χ3v) is 3.45. The Balaban J connectivity index is 2.76. The maximum absolute atomic E-state index is 11.3. The van der Waals surface area contributed by atoms with Gasteiger partial charge < -0.3 is 4.74 Å². The van der Waals surface area contributed by atoms with E-state index in [1.165, 1.54) is 0 Å². The highest BCUT2D eigenvalue weighted by atomic mass is 35.5. The van der Waals surface area contributed by atoms with Gasteiger partial charge in [-0.3, -0.25) is 4.79 Å². The lowest BCUT2D eigenvalue weighted by molar-refractivity contribution is 0.112. The van der Waals surface area contributed by atoms with Gasteiger partial charge in [0.25, 0.3) is 0 Å². The number of carbonyl (C=O) groups is 1. The third kappa shape index (κ3) is 3.34. The molecule has 0 aliphatic carbocycles. The maximum Gasteiger partial charge on any atom is 0.150 e. The molecule has 2 rings (SSSR count). The molecule has 0 saturated carbocycles. The second-order valence-corrected chi connectivity index (χ2v) is 5.29. The van der Waals surface area contributed by atoms with E-state index in [1.54, 1.807) is 13.2 Å². The summed E-state index contributed by atoms with van der Waals surface area (Å²) in [5, 5.41) is -0.301. The topological polar surface area (TPSA) is 26.3 Å². The molecule has 0 bridgehead atoms. The van der Waals surface area contributed by atoms with Gasteiger partial charge in [-0.2, -0.15) is 0 Å². The van der Waals surface area contributed by atoms with Gasteiger partial charge in [0.05, 0.1) is 12.5 Å². The zero-order valence-electron chi connectivity index (χ0n) is 12.0. The highest BCUT2D eigenvalue weighted by Crippen LogP contribution is 2.32. The Morgan fingerprint density at radius 1 is 1.10 bits per heavy atom. The molecule has 0 heterocycles. The number of hydrogen-bond donors (Lipinski definition) is 0. The summed E-state index contributed by atoms with van der Waals surface area (Å²) in [6.45, 7) is 1.85. The molecule has 0 amide bonds. The van der Waals surface area contributed by atoms with E-state index in [0.29, 0.717) is 11.3 Å². The first-order chi connectivity index (χ1) is 10.2. The maximum atomic E-state index is 11.3. The Labute approximate surface area is 130 Å². The third-order valence-electron chi connectivity index (χ3n) is 3.25. The van der Waals surface area contributed by atoms with Gasteiger partial charge in [-0.1, -0.05) is 54.6 Å². The standard InChI is InChI=1S/C18H17ClO2/c1-13(19)18(21-2)17(14-8-4-3-5-9-14)16-11-7-6-10-15(16)12-20/h3-13H,1-2H3/b18-17-. The van der Waals surface area contributed by atoms with Crippen LogP contribution in [0.3, 0.4) is 0 Å². The van der Waals surface area contributed by atoms with Crippen molar-refractivity contribution in [2.75, 3.05) is 7.11 Å². The van der Waals surface area contributed by atoms with Crippen LogP contribution in [-0.4, -0.2) is 18.8 Å². The number of allylic oxidation sites excluding steroid dienone is 1. The molecule has 3 heteroatoms. The van der Waals surface area contributed by atoms with Gasteiger partial charge in [-0.05, 0) is 18.1 Å². The van der Waals surface area contributed by atoms with Crippen LogP contribution in [0, 0.1) is 0 Å². The summed E-state index contributed by atoms with van der Waals surface area (Å²) in [5.41, 5.74) is 3.26. The first-order valence-corrected chi connectivity index (χ1v) is 7.15. The van der Waals surface area contributed by atoms with Crippen LogP contribution in [0.4, 0.5) is 0 Å². The fourth-order valence-corrected chi connectivity index (χ4v) is 2.52. The summed E-state index contributed by atoms with van der Waals surface area (Å²) < 4.78 is 5.51. The molecule has 0 fully saturated rings. The zero-order valence-corrected chi connectivity index (χ0v) is 12.8. The van der Waals surface area contributed by atoms with E-state index >= 15 is 0 Å². The summed E-state index contributed by atoms with van der Waals surface area (Å²) >= 11 is 6.26. The van der Waals surface area contributed by atoms with Crippen LogP contribution in [0.1, 0.15) is 28.4 Å². The number of alkyl halides is 1. The smallest absolute Gasteiger partial charge is 0.150 e. The Morgan fingerprint density at radius 3 is 2.29 bits per heavy atom. The minimum atomic E-state index is -0.301. The fourth-order valence-electron chi connectivity index (χ4n) is 2.33. The number of hydrogen-bond acceptors (Lipinski definition) is 2. The number of aldehydes is 1. The summed E-state index contributed by atoms with van der Waals surface area (Å²) in [4.78, 5) is 11.3. The van der Waals surface area contributed by atoms with E-state index in [9.17, 15) is 4.79 Å². The Bertz CT molecular complexity index is 645. The summed E-state index contributed by atoms with van der Waals surface area (Å²) in [6, 6.07) is 17.2. The normalized spacial score (nSPS) is 13.3. The first kappa shape index (κ1) is 15.3. The molecule has 1 unspecified atom stereocenters. The van der Waals surface area contributed by atoms with E-state index in [-0.39, 0.29) is 5.38 Å². The van der Waals surface area contributed by atoms with Crippen molar-refractivity contribution in [1.82, 2.24) is 0 Å². The molecule has 0 aliphatic heterocycles. The second-order valence-electron chi connectivity index (χ2n) is 4.63. The average Bonchev–Trinajstić information content (AvgIpc) is 2.53. The molecule has 1 atom stereocenters. The van der Waals surface area contributed by atoms with Crippen LogP contribution in [0.15, 0.2) is 60.4 Å². The quantitative estimate of drug-likeness (QED) is 0.460. The van der Waals surface area contributed by atoms with Gasteiger partial charge in [-0.15, -0.1) is 11.6 Å². The van der Waals surface area contributed by atoms with Gasteiger partial charge >= 0.3 is 0 Å². The SMILES string of the molecule is CO/C(=C(/c1ccccc1)c1ccccc1C=O)C(C)Cl. The van der Waals surface area contributed by atoms with Crippen LogP contribution >= 0.6 is 11.6 Å². The van der Waals surface area contributed by atoms with Gasteiger partial charge in [0, 0.05) is 11.1 Å². The van der Waals surface area contributed by atoms with Crippen LogP contribution in [0.25, 0.3) is 5.57 Å². The molecule has 2 aromatic carbocycles. The number of rotatable bonds is 5. The largest absolute Gasteiger partial charge is 0.499 e. The van der Waals surface area contributed by atoms with Crippen molar-refractivity contribution < 1.29 is 9.53 Å². The number of carbonyl (C=O) groups excluding carboxylic acids is 1. The van der Waals surface area contributed by atoms with Crippen molar-refractivity contribution >= 4 is 23.5 Å². The summed E-state index contributed by atoms with van der Waals surface area (Å²) in [6.07, 6.45) is 0.852. The number of halogens is 1. The number of methoxy groups -OCH3 is 1. The lowest BCUT2D eigenvalue weighted by atomic mass is 9.92. The molecule has 0 saturated heterocycles. The van der Waals surface area contributed by atoms with Crippen molar-refractivity contribution in [2.24, 2.45) is 0 Å². The Kier molecular flexibility index (Phi) is 5.18. The predicted octanol–water partition coefficient (Wildman–Crippen LogP) is 4.53. The van der Waals surface area contributed by atoms with Gasteiger partial charge in [0.1, 0.15) is 5.76 Å². The molecule has 0 radical (unpaired) electrons. The van der Waals surface area contributed by atoms with Crippen molar-refractivity contribution in [2.45, 2.75) is 12.3 Å². The first-order valence-electron chi connectivity index (χ1n) is 6.71. The van der Waals surface area contributed by atoms with Crippen LogP contribution in [-0.2, 0) is 4.74 Å². The lowest BCUT2D eigenvalue weighted by Crippen LogP contribution is -2.07. The van der Waals surface area contributed by atoms with Crippen molar-refractivity contribution in [3.05, 3.63) is 77.0 Å². The minimum Gasteiger partial charge on any atom is -0.499 e. The molecule has 108 valence electrons. The minimum absolute atomic E-state index is 0.301. The molecule has 2 nitrogen and oxygen atoms in total. The average molecular weight is 301 g/mol. The lowest BCUT2D eigenvalue weighted by Gasteiger charge is -2.18. The molecule has 0 aliphatic rings. The Morgan fingerprint density at radius 2 is 1.71 bits per heavy atom. The highest BCUT2D eigenvalue weighted by molar-refractivity contribution is 6.22. The fraction of sp³-hybridized carbons (Fsp3) is 0.167. The van der Waals surface area contributed by atoms with E-state index in [0.717, 1.165) is 23.0 Å². The molecule has 2 aromatic rings. The van der Waals surface area contributed by atoms with E-state index in [1.807, 2.05) is 55.5 Å². The van der Waals surface area contributed by atoms with Crippen LogP contribution in [0.2, 0.25) is 0 Å². The molecule has 21 heavy (non-hydrogen) atoms. The second kappa shape index (κ2) is 7.09. The van der Waals surface area contributed by atoms with Crippen LogP contribution < -0.4 is 0 Å². The van der Waals surface area contributed by atoms with Crippen molar-refractivity contribution in [3.8, 4) is 0 Å². The molecule has 0 spiro atoms. The number of ether oxygens (including phenoxy) is 1. The van der Waals surface area contributed by atoms with Gasteiger partial charge in [0.2, 0.25) is 0 Å². The Hall–Kier alpha value is -2.06. The molecule has 0 N–H and O–H groups in total. The predicted molar refractivity (Wildman–Crippen MR) is 86.6 cm³/mol. The van der Waals surface area contributed by atoms with Gasteiger partial charge in [-0.25, -0.2) is 0 Å². The monoisotopic (exact) mass is 300 g/mol. The molecular weight excluding hydrogens is 284 g/mol. The van der Waals surface area contributed by atoms with E-state index in [4.69, 9.17) is 16.3 Å².